The molecule has 0 amide bonds. The Labute approximate surface area is 145 Å². The van der Waals surface area contributed by atoms with Crippen LogP contribution in [-0.4, -0.2) is 11.7 Å². The van der Waals surface area contributed by atoms with E-state index in [0.717, 1.165) is 23.1 Å². The zero-order valence-corrected chi connectivity index (χ0v) is 14.7. The summed E-state index contributed by atoms with van der Waals surface area (Å²) in [5, 5.41) is 8.51. The van der Waals surface area contributed by atoms with E-state index in [2.05, 4.69) is 18.2 Å². The van der Waals surface area contributed by atoms with Crippen molar-refractivity contribution in [3.63, 3.8) is 0 Å². The van der Waals surface area contributed by atoms with Gasteiger partial charge in [0.15, 0.2) is 0 Å². The fourth-order valence-corrected chi connectivity index (χ4v) is 1.84. The summed E-state index contributed by atoms with van der Waals surface area (Å²) < 4.78 is 0. The van der Waals surface area contributed by atoms with Crippen molar-refractivity contribution >= 4 is 0 Å². The maximum Gasteiger partial charge on any atom is 0.0451 e. The van der Waals surface area contributed by atoms with Crippen molar-refractivity contribution in [2.45, 2.75) is 6.42 Å². The van der Waals surface area contributed by atoms with Crippen LogP contribution in [-0.2, 0) is 26.2 Å². The van der Waals surface area contributed by atoms with E-state index in [4.69, 9.17) is 5.11 Å². The van der Waals surface area contributed by atoms with Gasteiger partial charge in [-0.25, -0.2) is 11.1 Å². The summed E-state index contributed by atoms with van der Waals surface area (Å²) in [6.07, 6.45) is 0.745. The Morgan fingerprint density at radius 2 is 1.27 bits per heavy atom. The predicted molar refractivity (Wildman–Crippen MR) is 85.6 cm³/mol. The minimum atomic E-state index is 0. The number of hydrogen-bond donors (Lipinski definition) is 1. The molecule has 0 radical (unpaired) electrons. The molecule has 0 bridgehead atoms. The minimum absolute atomic E-state index is 0. The Morgan fingerprint density at radius 3 is 1.68 bits per heavy atom. The van der Waals surface area contributed by atoms with Crippen LogP contribution in [0.15, 0.2) is 72.8 Å². The second kappa shape index (κ2) is 10.9. The summed E-state index contributed by atoms with van der Waals surface area (Å²) in [5.74, 6) is 0. The molecule has 0 heterocycles. The topological polar surface area (TPSA) is 20.2 Å². The molecule has 0 aromatic heterocycles. The van der Waals surface area contributed by atoms with Crippen molar-refractivity contribution < 1.29 is 24.9 Å². The van der Waals surface area contributed by atoms with Gasteiger partial charge in [0.1, 0.15) is 0 Å². The molecule has 0 atom stereocenters. The third-order valence-corrected chi connectivity index (χ3v) is 2.90. The van der Waals surface area contributed by atoms with Gasteiger partial charge in [0, 0.05) is 26.4 Å². The first kappa shape index (κ1) is 18.3. The molecule has 3 rings (SSSR count). The molecule has 0 saturated carbocycles. The summed E-state index contributed by atoms with van der Waals surface area (Å²) in [5.41, 5.74) is 3.35. The number of rotatable bonds is 3. The molecule has 0 aliphatic rings. The third kappa shape index (κ3) is 6.35. The first-order valence-electron chi connectivity index (χ1n) is 6.90. The zero-order chi connectivity index (χ0) is 14.8. The normalized spacial score (nSPS) is 9.14. The molecule has 22 heavy (non-hydrogen) atoms. The second-order valence-corrected chi connectivity index (χ2v) is 4.43. The molecule has 1 nitrogen and oxygen atoms in total. The molecule has 2 heteroatoms. The number of hydrogen-bond acceptors (Lipinski definition) is 1. The van der Waals surface area contributed by atoms with Gasteiger partial charge in [-0.05, 0) is 6.42 Å². The molecule has 0 spiro atoms. The van der Waals surface area contributed by atoms with E-state index >= 15 is 0 Å². The molecule has 0 saturated heterocycles. The van der Waals surface area contributed by atoms with Crippen molar-refractivity contribution in [1.82, 2.24) is 0 Å². The van der Waals surface area contributed by atoms with Gasteiger partial charge in [-0.3, -0.25) is 0 Å². The first-order chi connectivity index (χ1) is 10.4. The predicted octanol–water partition coefficient (Wildman–Crippen LogP) is 3.97. The molecule has 0 aliphatic heterocycles. The SMILES string of the molecule is OCCc1cc[c-]cc1.[Os].[c-]1ccccc1-c1[c-]cccc1. The van der Waals surface area contributed by atoms with Crippen molar-refractivity contribution in [2.75, 3.05) is 6.61 Å². The van der Waals surface area contributed by atoms with Gasteiger partial charge >= 0.3 is 0 Å². The Balaban J connectivity index is 0.000000219. The van der Waals surface area contributed by atoms with E-state index in [1.807, 2.05) is 72.8 Å². The van der Waals surface area contributed by atoms with Gasteiger partial charge in [-0.2, -0.15) is 84.4 Å². The van der Waals surface area contributed by atoms with Gasteiger partial charge in [0.05, 0.1) is 0 Å². The number of aliphatic hydroxyl groups is 1. The largest absolute Gasteiger partial charge is 0.396 e. The maximum atomic E-state index is 8.51. The van der Waals surface area contributed by atoms with E-state index in [0.29, 0.717) is 0 Å². The molecule has 1 N–H and O–H groups in total. The van der Waals surface area contributed by atoms with Gasteiger partial charge in [0.25, 0.3) is 0 Å². The first-order valence-corrected chi connectivity index (χ1v) is 6.90. The standard InChI is InChI=1S/C12H8.C8H9O.Os/c1-3-7-11(8-4-1)12-9-5-2-6-10-12;9-7-6-8-4-2-1-3-5-8;/h1-7,9H;2-5,9H,6-7H2;/q-2;-1;. The quantitative estimate of drug-likeness (QED) is 0.583. The molecule has 114 valence electrons. The fraction of sp³-hybridized carbons (Fsp3) is 0.100. The Morgan fingerprint density at radius 1 is 0.727 bits per heavy atom. The molecule has 0 aliphatic carbocycles. The Bertz CT molecular complexity index is 572. The summed E-state index contributed by atoms with van der Waals surface area (Å²) >= 11 is 0. The minimum Gasteiger partial charge on any atom is -0.396 e. The zero-order valence-electron chi connectivity index (χ0n) is 12.1. The van der Waals surface area contributed by atoms with Crippen LogP contribution in [0.2, 0.25) is 0 Å². The molecule has 3 aromatic rings. The van der Waals surface area contributed by atoms with Crippen LogP contribution in [0.3, 0.4) is 0 Å². The van der Waals surface area contributed by atoms with Crippen molar-refractivity contribution in [3.8, 4) is 11.1 Å². The molecule has 3 aromatic carbocycles. The Kier molecular flexibility index (Phi) is 9.08. The monoisotopic (exact) mass is 465 g/mol. The average molecular weight is 464 g/mol. The van der Waals surface area contributed by atoms with E-state index in [1.165, 1.54) is 0 Å². The van der Waals surface area contributed by atoms with Crippen molar-refractivity contribution in [1.29, 1.82) is 0 Å². The van der Waals surface area contributed by atoms with E-state index < -0.39 is 0 Å². The van der Waals surface area contributed by atoms with Crippen LogP contribution in [0, 0.1) is 18.2 Å². The van der Waals surface area contributed by atoms with Crippen LogP contribution >= 0.6 is 0 Å². The van der Waals surface area contributed by atoms with Gasteiger partial charge < -0.3 is 5.11 Å². The smallest absolute Gasteiger partial charge is 0.0451 e. The van der Waals surface area contributed by atoms with E-state index in [9.17, 15) is 0 Å². The molecular formula is C20H17OOs-3. The van der Waals surface area contributed by atoms with Crippen molar-refractivity contribution in [2.24, 2.45) is 0 Å². The molecule has 0 unspecified atom stereocenters. The van der Waals surface area contributed by atoms with Crippen LogP contribution in [0.25, 0.3) is 11.1 Å². The van der Waals surface area contributed by atoms with Crippen LogP contribution in [0.4, 0.5) is 0 Å². The third-order valence-electron chi connectivity index (χ3n) is 2.90. The van der Waals surface area contributed by atoms with Crippen LogP contribution < -0.4 is 0 Å². The summed E-state index contributed by atoms with van der Waals surface area (Å²) in [7, 11) is 0. The summed E-state index contributed by atoms with van der Waals surface area (Å²) in [6.45, 7) is 0.226. The van der Waals surface area contributed by atoms with Crippen LogP contribution in [0.5, 0.6) is 0 Å². The second-order valence-electron chi connectivity index (χ2n) is 4.43. The molecular weight excluding hydrogens is 446 g/mol. The average Bonchev–Trinajstić information content (AvgIpc) is 2.58. The van der Waals surface area contributed by atoms with Gasteiger partial charge in [-0.15, -0.1) is 12.1 Å². The van der Waals surface area contributed by atoms with Crippen molar-refractivity contribution in [3.05, 3.63) is 96.6 Å². The van der Waals surface area contributed by atoms with E-state index in [-0.39, 0.29) is 26.4 Å². The van der Waals surface area contributed by atoms with E-state index in [1.54, 1.807) is 0 Å². The summed E-state index contributed by atoms with van der Waals surface area (Å²) in [6, 6.07) is 32.7. The number of benzene rings is 3. The Hall–Kier alpha value is -1.74. The van der Waals surface area contributed by atoms with Gasteiger partial charge in [0.2, 0.25) is 0 Å². The van der Waals surface area contributed by atoms with Crippen LogP contribution in [0.1, 0.15) is 5.56 Å². The molecule has 0 fully saturated rings. The van der Waals surface area contributed by atoms with Gasteiger partial charge in [-0.1, -0.05) is 0 Å². The maximum absolute atomic E-state index is 8.51. The number of aliphatic hydroxyl groups excluding tert-OH is 1. The summed E-state index contributed by atoms with van der Waals surface area (Å²) in [4.78, 5) is 0. The fourth-order valence-electron chi connectivity index (χ4n) is 1.84.